The van der Waals surface area contributed by atoms with Gasteiger partial charge in [-0.25, -0.2) is 0 Å². The van der Waals surface area contributed by atoms with Crippen molar-refractivity contribution in [3.63, 3.8) is 0 Å². The molecule has 1 N–H and O–H groups in total. The first-order valence-electron chi connectivity index (χ1n) is 8.87. The van der Waals surface area contributed by atoms with E-state index in [-0.39, 0.29) is 0 Å². The smallest absolute Gasteiger partial charge is 0.0374 e. The molecule has 1 aliphatic rings. The van der Waals surface area contributed by atoms with Crippen molar-refractivity contribution in [2.24, 2.45) is 11.3 Å². The van der Waals surface area contributed by atoms with Crippen LogP contribution >= 0.6 is 0 Å². The molecule has 1 fully saturated rings. The molecular formula is C20H33N. The summed E-state index contributed by atoms with van der Waals surface area (Å²) in [5.74, 6) is 0.734. The summed E-state index contributed by atoms with van der Waals surface area (Å²) < 4.78 is 0. The summed E-state index contributed by atoms with van der Waals surface area (Å²) in [5, 5.41) is 3.83. The van der Waals surface area contributed by atoms with Crippen LogP contribution in [0, 0.1) is 11.3 Å². The minimum atomic E-state index is 0.439. The molecule has 0 heterocycles. The fourth-order valence-electron chi connectivity index (χ4n) is 3.84. The van der Waals surface area contributed by atoms with Gasteiger partial charge < -0.3 is 5.32 Å². The van der Waals surface area contributed by atoms with E-state index >= 15 is 0 Å². The second-order valence-electron chi connectivity index (χ2n) is 7.59. The highest BCUT2D eigenvalue weighted by molar-refractivity contribution is 5.27. The maximum Gasteiger partial charge on any atom is 0.0374 e. The Morgan fingerprint density at radius 2 is 1.71 bits per heavy atom. The molecule has 0 spiro atoms. The minimum absolute atomic E-state index is 0.439. The summed E-state index contributed by atoms with van der Waals surface area (Å²) in [6, 6.07) is 9.94. The monoisotopic (exact) mass is 287 g/mol. The van der Waals surface area contributed by atoms with Crippen LogP contribution in [0.4, 0.5) is 0 Å². The molecule has 1 aromatic rings. The van der Waals surface area contributed by atoms with Crippen molar-refractivity contribution in [3.8, 4) is 0 Å². The second kappa shape index (κ2) is 7.45. The summed E-state index contributed by atoms with van der Waals surface area (Å²) in [6.45, 7) is 10.4. The van der Waals surface area contributed by atoms with E-state index in [0.29, 0.717) is 11.5 Å². The van der Waals surface area contributed by atoms with Crippen LogP contribution in [0.25, 0.3) is 0 Å². The molecule has 1 aromatic carbocycles. The molecule has 0 aliphatic heterocycles. The van der Waals surface area contributed by atoms with Crippen molar-refractivity contribution in [3.05, 3.63) is 35.4 Å². The van der Waals surface area contributed by atoms with Gasteiger partial charge in [0.25, 0.3) is 0 Å². The van der Waals surface area contributed by atoms with Crippen LogP contribution in [-0.2, 0) is 6.42 Å². The van der Waals surface area contributed by atoms with Crippen molar-refractivity contribution in [2.75, 3.05) is 6.54 Å². The highest BCUT2D eigenvalue weighted by Crippen LogP contribution is 2.47. The highest BCUT2D eigenvalue weighted by atomic mass is 14.9. The third-order valence-electron chi connectivity index (χ3n) is 5.00. The van der Waals surface area contributed by atoms with Gasteiger partial charge in [0.15, 0.2) is 0 Å². The SMILES string of the molecule is CCCNC(c1ccc(CC(C)C)cc1)C1(C)CCCC1. The van der Waals surface area contributed by atoms with E-state index in [1.54, 1.807) is 0 Å². The Morgan fingerprint density at radius 1 is 1.10 bits per heavy atom. The molecule has 1 unspecified atom stereocenters. The summed E-state index contributed by atoms with van der Waals surface area (Å²) in [6.07, 6.45) is 7.91. The Hall–Kier alpha value is -0.820. The maximum atomic E-state index is 3.83. The van der Waals surface area contributed by atoms with Crippen molar-refractivity contribution in [1.29, 1.82) is 0 Å². The van der Waals surface area contributed by atoms with Crippen molar-refractivity contribution in [1.82, 2.24) is 5.32 Å². The van der Waals surface area contributed by atoms with Crippen LogP contribution in [0.5, 0.6) is 0 Å². The minimum Gasteiger partial charge on any atom is -0.309 e. The van der Waals surface area contributed by atoms with Crippen LogP contribution in [0.15, 0.2) is 24.3 Å². The van der Waals surface area contributed by atoms with Crippen molar-refractivity contribution < 1.29 is 0 Å². The summed E-state index contributed by atoms with van der Waals surface area (Å²) >= 11 is 0. The molecule has 0 radical (unpaired) electrons. The summed E-state index contributed by atoms with van der Waals surface area (Å²) in [7, 11) is 0. The van der Waals surface area contributed by atoms with Gasteiger partial charge >= 0.3 is 0 Å². The predicted molar refractivity (Wildman–Crippen MR) is 92.6 cm³/mol. The number of rotatable bonds is 7. The normalized spacial score (nSPS) is 19.1. The second-order valence-corrected chi connectivity index (χ2v) is 7.59. The lowest BCUT2D eigenvalue weighted by Gasteiger charge is -2.35. The molecule has 0 saturated heterocycles. The number of hydrogen-bond acceptors (Lipinski definition) is 1. The predicted octanol–water partition coefficient (Wildman–Crippen LogP) is 5.51. The van der Waals surface area contributed by atoms with E-state index in [1.807, 2.05) is 0 Å². The fourth-order valence-corrected chi connectivity index (χ4v) is 3.84. The Balaban J connectivity index is 2.16. The van der Waals surface area contributed by atoms with Gasteiger partial charge in [0, 0.05) is 6.04 Å². The zero-order valence-electron chi connectivity index (χ0n) is 14.4. The molecule has 0 bridgehead atoms. The van der Waals surface area contributed by atoms with E-state index in [2.05, 4.69) is 57.3 Å². The van der Waals surface area contributed by atoms with Crippen LogP contribution in [0.2, 0.25) is 0 Å². The van der Waals surface area contributed by atoms with Crippen LogP contribution < -0.4 is 5.32 Å². The molecule has 2 rings (SSSR count). The van der Waals surface area contributed by atoms with Crippen LogP contribution in [0.1, 0.15) is 77.0 Å². The lowest BCUT2D eigenvalue weighted by molar-refractivity contribution is 0.223. The molecule has 1 saturated carbocycles. The topological polar surface area (TPSA) is 12.0 Å². The number of hydrogen-bond donors (Lipinski definition) is 1. The van der Waals surface area contributed by atoms with E-state index in [1.165, 1.54) is 49.7 Å². The molecule has 118 valence electrons. The quantitative estimate of drug-likeness (QED) is 0.697. The Bertz CT molecular complexity index is 412. The Morgan fingerprint density at radius 3 is 2.24 bits per heavy atom. The lowest BCUT2D eigenvalue weighted by atomic mass is 9.77. The first kappa shape index (κ1) is 16.5. The van der Waals surface area contributed by atoms with E-state index in [9.17, 15) is 0 Å². The third kappa shape index (κ3) is 4.32. The molecule has 1 nitrogen and oxygen atoms in total. The van der Waals surface area contributed by atoms with Gasteiger partial charge in [-0.2, -0.15) is 0 Å². The van der Waals surface area contributed by atoms with Crippen LogP contribution in [-0.4, -0.2) is 6.54 Å². The largest absolute Gasteiger partial charge is 0.309 e. The first-order valence-corrected chi connectivity index (χ1v) is 8.87. The van der Waals surface area contributed by atoms with Crippen molar-refractivity contribution >= 4 is 0 Å². The molecule has 1 aliphatic carbocycles. The molecule has 21 heavy (non-hydrogen) atoms. The van der Waals surface area contributed by atoms with Gasteiger partial charge in [0.2, 0.25) is 0 Å². The van der Waals surface area contributed by atoms with Gasteiger partial charge in [-0.05, 0) is 54.7 Å². The Kier molecular flexibility index (Phi) is 5.87. The van der Waals surface area contributed by atoms with E-state index < -0.39 is 0 Å². The van der Waals surface area contributed by atoms with Gasteiger partial charge in [0.1, 0.15) is 0 Å². The first-order chi connectivity index (χ1) is 10.0. The highest BCUT2D eigenvalue weighted by Gasteiger charge is 2.37. The maximum absolute atomic E-state index is 3.83. The fraction of sp³-hybridized carbons (Fsp3) is 0.700. The van der Waals surface area contributed by atoms with Crippen LogP contribution in [0.3, 0.4) is 0 Å². The zero-order chi connectivity index (χ0) is 15.3. The molecular weight excluding hydrogens is 254 g/mol. The van der Waals surface area contributed by atoms with Gasteiger partial charge in [-0.1, -0.05) is 64.8 Å². The molecule has 0 aromatic heterocycles. The average Bonchev–Trinajstić information content (AvgIpc) is 2.88. The number of benzene rings is 1. The standard InChI is InChI=1S/C20H33N/c1-5-14-21-19(20(4)12-6-7-13-20)18-10-8-17(9-11-18)15-16(2)3/h8-11,16,19,21H,5-7,12-15H2,1-4H3. The number of nitrogens with one attached hydrogen (secondary N) is 1. The lowest BCUT2D eigenvalue weighted by Crippen LogP contribution is -2.35. The summed E-state index contributed by atoms with van der Waals surface area (Å²) in [5.41, 5.74) is 3.40. The van der Waals surface area contributed by atoms with Gasteiger partial charge in [-0.15, -0.1) is 0 Å². The van der Waals surface area contributed by atoms with Gasteiger partial charge in [0.05, 0.1) is 0 Å². The zero-order valence-corrected chi connectivity index (χ0v) is 14.4. The molecule has 0 amide bonds. The van der Waals surface area contributed by atoms with Crippen molar-refractivity contribution in [2.45, 2.75) is 72.3 Å². The molecule has 1 atom stereocenters. The molecule has 1 heteroatoms. The van der Waals surface area contributed by atoms with E-state index in [4.69, 9.17) is 0 Å². The average molecular weight is 287 g/mol. The van der Waals surface area contributed by atoms with Gasteiger partial charge in [-0.3, -0.25) is 0 Å². The van der Waals surface area contributed by atoms with E-state index in [0.717, 1.165) is 12.5 Å². The Labute approximate surface area is 131 Å². The third-order valence-corrected chi connectivity index (χ3v) is 5.00. The summed E-state index contributed by atoms with van der Waals surface area (Å²) in [4.78, 5) is 0.